The van der Waals surface area contributed by atoms with Crippen molar-refractivity contribution in [2.45, 2.75) is 19.9 Å². The predicted octanol–water partition coefficient (Wildman–Crippen LogP) is 1.60. The van der Waals surface area contributed by atoms with E-state index < -0.39 is 0 Å². The molecule has 7 nitrogen and oxygen atoms in total. The van der Waals surface area contributed by atoms with E-state index >= 15 is 0 Å². The summed E-state index contributed by atoms with van der Waals surface area (Å²) in [5, 5.41) is 0.754. The Labute approximate surface area is 119 Å². The van der Waals surface area contributed by atoms with Crippen molar-refractivity contribution in [2.24, 2.45) is 0 Å². The first-order chi connectivity index (χ1) is 9.21. The van der Waals surface area contributed by atoms with Gasteiger partial charge in [-0.15, -0.1) is 0 Å². The minimum atomic E-state index is 0.269. The summed E-state index contributed by atoms with van der Waals surface area (Å²) < 4.78 is 12.5. The molecular formula is C11H16BrN5O2. The average molecular weight is 330 g/mol. The second kappa shape index (κ2) is 6.05. The zero-order chi connectivity index (χ0) is 13.8. The van der Waals surface area contributed by atoms with Crippen LogP contribution in [0.2, 0.25) is 0 Å². The molecule has 2 rings (SSSR count). The maximum absolute atomic E-state index is 5.89. The number of nitrogens with two attached hydrogens (primary N) is 1. The number of rotatable bonds is 6. The maximum atomic E-state index is 5.89. The topological polar surface area (TPSA) is 88.1 Å². The van der Waals surface area contributed by atoms with Gasteiger partial charge in [-0.3, -0.25) is 4.57 Å². The van der Waals surface area contributed by atoms with Gasteiger partial charge in [0.15, 0.2) is 17.0 Å². The van der Waals surface area contributed by atoms with E-state index in [2.05, 4.69) is 30.9 Å². The van der Waals surface area contributed by atoms with E-state index in [1.54, 1.807) is 7.11 Å². The first-order valence-corrected chi connectivity index (χ1v) is 7.09. The number of alkyl halides is 1. The molecule has 0 saturated heterocycles. The minimum absolute atomic E-state index is 0.269. The van der Waals surface area contributed by atoms with Crippen LogP contribution in [0.4, 0.5) is 5.82 Å². The third-order valence-corrected chi connectivity index (χ3v) is 2.85. The molecule has 2 aromatic rings. The lowest BCUT2D eigenvalue weighted by Gasteiger charge is -2.06. The number of hydrogen-bond acceptors (Lipinski definition) is 6. The van der Waals surface area contributed by atoms with Gasteiger partial charge in [0.25, 0.3) is 6.01 Å². The van der Waals surface area contributed by atoms with Crippen molar-refractivity contribution in [3.63, 3.8) is 0 Å². The summed E-state index contributed by atoms with van der Waals surface area (Å²) in [5.74, 6) is 0.294. The van der Waals surface area contributed by atoms with Crippen molar-refractivity contribution in [3.8, 4) is 12.0 Å². The number of aromatic nitrogens is 4. The molecule has 2 heterocycles. The average Bonchev–Trinajstić information content (AvgIpc) is 2.76. The number of ether oxygens (including phenoxy) is 2. The third-order valence-electron chi connectivity index (χ3n) is 2.49. The Kier molecular flexibility index (Phi) is 4.41. The summed E-state index contributed by atoms with van der Waals surface area (Å²) in [6.07, 6.45) is 0.880. The first-order valence-electron chi connectivity index (χ1n) is 5.97. The Hall–Kier alpha value is -1.57. The van der Waals surface area contributed by atoms with Crippen LogP contribution in [0.3, 0.4) is 0 Å². The Balaban J connectivity index is 2.52. The van der Waals surface area contributed by atoms with E-state index in [0.29, 0.717) is 36.1 Å². The van der Waals surface area contributed by atoms with E-state index in [1.807, 2.05) is 11.5 Å². The lowest BCUT2D eigenvalue weighted by Crippen LogP contribution is -2.06. The van der Waals surface area contributed by atoms with E-state index in [0.717, 1.165) is 11.8 Å². The number of halogens is 1. The van der Waals surface area contributed by atoms with Gasteiger partial charge in [-0.1, -0.05) is 22.9 Å². The molecule has 104 valence electrons. The summed E-state index contributed by atoms with van der Waals surface area (Å²) >= 11 is 3.39. The van der Waals surface area contributed by atoms with Crippen molar-refractivity contribution in [2.75, 3.05) is 24.8 Å². The zero-order valence-electron chi connectivity index (χ0n) is 10.9. The predicted molar refractivity (Wildman–Crippen MR) is 75.9 cm³/mol. The van der Waals surface area contributed by atoms with Gasteiger partial charge in [0.05, 0.1) is 13.7 Å². The van der Waals surface area contributed by atoms with Crippen LogP contribution in [0.25, 0.3) is 11.2 Å². The molecule has 0 unspecified atom stereocenters. The molecule has 0 amide bonds. The molecule has 0 radical (unpaired) electrons. The van der Waals surface area contributed by atoms with Gasteiger partial charge in [0, 0.05) is 11.9 Å². The highest BCUT2D eigenvalue weighted by Gasteiger charge is 2.17. The fourth-order valence-corrected chi connectivity index (χ4v) is 2.04. The molecular weight excluding hydrogens is 314 g/mol. The van der Waals surface area contributed by atoms with Crippen LogP contribution >= 0.6 is 15.9 Å². The molecule has 0 bridgehead atoms. The van der Waals surface area contributed by atoms with Gasteiger partial charge in [-0.25, -0.2) is 0 Å². The molecule has 2 N–H and O–H groups in total. The maximum Gasteiger partial charge on any atom is 0.320 e. The fourth-order valence-electron chi connectivity index (χ4n) is 1.68. The molecule has 19 heavy (non-hydrogen) atoms. The van der Waals surface area contributed by atoms with E-state index in [4.69, 9.17) is 15.2 Å². The van der Waals surface area contributed by atoms with Crippen LogP contribution in [-0.4, -0.2) is 38.6 Å². The molecule has 2 aromatic heterocycles. The molecule has 0 aliphatic carbocycles. The van der Waals surface area contributed by atoms with Crippen LogP contribution in [0.5, 0.6) is 12.0 Å². The number of nitrogens with zero attached hydrogens (tertiary/aromatic N) is 4. The minimum Gasteiger partial charge on any atom is -0.468 e. The van der Waals surface area contributed by atoms with Gasteiger partial charge in [-0.05, 0) is 6.42 Å². The van der Waals surface area contributed by atoms with E-state index in [9.17, 15) is 0 Å². The van der Waals surface area contributed by atoms with Crippen molar-refractivity contribution in [1.29, 1.82) is 0 Å². The van der Waals surface area contributed by atoms with Crippen molar-refractivity contribution >= 4 is 32.9 Å². The smallest absolute Gasteiger partial charge is 0.320 e. The summed E-state index contributed by atoms with van der Waals surface area (Å²) in [5.41, 5.74) is 7.04. The molecule has 0 aromatic carbocycles. The molecule has 0 atom stereocenters. The number of hydrogen-bond donors (Lipinski definition) is 1. The zero-order valence-corrected chi connectivity index (χ0v) is 12.5. The largest absolute Gasteiger partial charge is 0.468 e. The standard InChI is InChI=1S/C11H16BrN5O2/c1-3-6-19-10-15-8(13)7-9(16-10)17(5-4-12)11(14-7)18-2/h3-6H2,1-2H3,(H2,13,15,16). The number of aryl methyl sites for hydroxylation is 1. The lowest BCUT2D eigenvalue weighted by atomic mass is 10.5. The SMILES string of the molecule is CCCOc1nc(N)c2nc(OC)n(CCBr)c2n1. The van der Waals surface area contributed by atoms with Crippen molar-refractivity contribution in [1.82, 2.24) is 19.5 Å². The number of anilines is 1. The Morgan fingerprint density at radius 1 is 1.32 bits per heavy atom. The van der Waals surface area contributed by atoms with Crippen LogP contribution in [-0.2, 0) is 6.54 Å². The molecule has 0 spiro atoms. The summed E-state index contributed by atoms with van der Waals surface area (Å²) in [4.78, 5) is 12.7. The summed E-state index contributed by atoms with van der Waals surface area (Å²) in [7, 11) is 1.56. The van der Waals surface area contributed by atoms with Crippen molar-refractivity contribution < 1.29 is 9.47 Å². The summed E-state index contributed by atoms with van der Waals surface area (Å²) in [6, 6.07) is 0.730. The second-order valence-electron chi connectivity index (χ2n) is 3.85. The number of nitrogen functional groups attached to an aromatic ring is 1. The summed E-state index contributed by atoms with van der Waals surface area (Å²) in [6.45, 7) is 3.23. The quantitative estimate of drug-likeness (QED) is 0.810. The van der Waals surface area contributed by atoms with Gasteiger partial charge in [-0.2, -0.15) is 15.0 Å². The number of imidazole rings is 1. The van der Waals surface area contributed by atoms with Gasteiger partial charge >= 0.3 is 6.01 Å². The van der Waals surface area contributed by atoms with Crippen LogP contribution in [0.15, 0.2) is 0 Å². The first kappa shape index (κ1) is 13.9. The highest BCUT2D eigenvalue weighted by atomic mass is 79.9. The molecule has 8 heteroatoms. The number of fused-ring (bicyclic) bond motifs is 1. The molecule has 0 aliphatic rings. The Morgan fingerprint density at radius 3 is 2.74 bits per heavy atom. The molecule has 0 saturated carbocycles. The third kappa shape index (κ3) is 2.73. The monoisotopic (exact) mass is 329 g/mol. The highest BCUT2D eigenvalue weighted by Crippen LogP contribution is 2.25. The second-order valence-corrected chi connectivity index (χ2v) is 4.64. The van der Waals surface area contributed by atoms with Crippen LogP contribution in [0, 0.1) is 0 Å². The van der Waals surface area contributed by atoms with Gasteiger partial charge in [0.1, 0.15) is 0 Å². The van der Waals surface area contributed by atoms with Crippen LogP contribution in [0.1, 0.15) is 13.3 Å². The molecule has 0 aliphatic heterocycles. The number of methoxy groups -OCH3 is 1. The van der Waals surface area contributed by atoms with Crippen LogP contribution < -0.4 is 15.2 Å². The van der Waals surface area contributed by atoms with Gasteiger partial charge < -0.3 is 15.2 Å². The van der Waals surface area contributed by atoms with Crippen molar-refractivity contribution in [3.05, 3.63) is 0 Å². The highest BCUT2D eigenvalue weighted by molar-refractivity contribution is 9.09. The normalized spacial score (nSPS) is 10.9. The Bertz CT molecular complexity index is 572. The van der Waals surface area contributed by atoms with E-state index in [1.165, 1.54) is 0 Å². The molecule has 0 fully saturated rings. The van der Waals surface area contributed by atoms with Gasteiger partial charge in [0.2, 0.25) is 0 Å². The Morgan fingerprint density at radius 2 is 2.11 bits per heavy atom. The van der Waals surface area contributed by atoms with E-state index in [-0.39, 0.29) is 6.01 Å². The lowest BCUT2D eigenvalue weighted by molar-refractivity contribution is 0.293. The fraction of sp³-hybridized carbons (Fsp3) is 0.545.